The molecule has 0 radical (unpaired) electrons. The maximum absolute atomic E-state index is 11.6. The Morgan fingerprint density at radius 2 is 1.47 bits per heavy atom. The fourth-order valence-electron chi connectivity index (χ4n) is 5.10. The van der Waals surface area contributed by atoms with E-state index in [1.54, 1.807) is 0 Å². The summed E-state index contributed by atoms with van der Waals surface area (Å²) in [6, 6.07) is 12.4. The fourth-order valence-corrected chi connectivity index (χ4v) is 5.10. The quantitative estimate of drug-likeness (QED) is 0.369. The zero-order valence-corrected chi connectivity index (χ0v) is 18.6. The Balaban J connectivity index is 2.08. The van der Waals surface area contributed by atoms with Crippen LogP contribution in [-0.2, 0) is 10.1 Å². The van der Waals surface area contributed by atoms with E-state index in [4.69, 9.17) is 4.65 Å². The van der Waals surface area contributed by atoms with Crippen LogP contribution in [0.25, 0.3) is 11.1 Å². The first-order valence-electron chi connectivity index (χ1n) is 11.7. The first-order chi connectivity index (χ1) is 14.7. The number of hydrogen-bond donors (Lipinski definition) is 1. The van der Waals surface area contributed by atoms with Gasteiger partial charge in [-0.2, -0.15) is 0 Å². The van der Waals surface area contributed by atoms with Crippen LogP contribution >= 0.6 is 0 Å². The van der Waals surface area contributed by atoms with Gasteiger partial charge in [-0.25, -0.2) is 0 Å². The molecule has 3 nitrogen and oxygen atoms in total. The Morgan fingerprint density at radius 3 is 2.03 bits per heavy atom. The number of rotatable bonds is 13. The molecule has 0 aliphatic heterocycles. The van der Waals surface area contributed by atoms with Crippen molar-refractivity contribution in [2.24, 2.45) is 0 Å². The normalized spacial score (nSPS) is 13.4. The molecule has 0 aromatic heterocycles. The molecule has 0 saturated carbocycles. The molecule has 0 atom stereocenters. The van der Waals surface area contributed by atoms with Gasteiger partial charge in [0.2, 0.25) is 0 Å². The van der Waals surface area contributed by atoms with Crippen LogP contribution in [0.1, 0.15) is 89.2 Å². The summed E-state index contributed by atoms with van der Waals surface area (Å²) in [7, 11) is 0.642. The van der Waals surface area contributed by atoms with E-state index in [-0.39, 0.29) is 13.1 Å². The monoisotopic (exact) mass is 404 g/mol. The van der Waals surface area contributed by atoms with Gasteiger partial charge in [-0.3, -0.25) is 0 Å². The van der Waals surface area contributed by atoms with Crippen LogP contribution in [0.3, 0.4) is 0 Å². The molecule has 0 heterocycles. The zero-order chi connectivity index (χ0) is 21.4. The Labute approximate surface area is 182 Å². The third kappa shape index (κ3) is 4.72. The van der Waals surface area contributed by atoms with Crippen molar-refractivity contribution in [3.8, 4) is 16.9 Å². The average molecular weight is 404 g/mol. The Morgan fingerprint density at radius 1 is 0.867 bits per heavy atom. The van der Waals surface area contributed by atoms with E-state index in [9.17, 15) is 9.73 Å². The van der Waals surface area contributed by atoms with E-state index in [0.717, 1.165) is 25.5 Å². The standard InChI is InChI=1S/C25H34B2O3/c1-3-5-7-9-15-25(16-10-8-6-4-2)23-17-19(26-28)11-13-21(23)22-14-12-20(30-27-29)18-24(22)25/h11-14,17-18,27,29H,3-10,15-16H2,1-2H3. The van der Waals surface area contributed by atoms with Crippen molar-refractivity contribution >= 4 is 20.3 Å². The molecule has 1 aliphatic rings. The van der Waals surface area contributed by atoms with Gasteiger partial charge in [0.05, 0.1) is 0 Å². The molecule has 1 aliphatic carbocycles. The van der Waals surface area contributed by atoms with Crippen molar-refractivity contribution in [3.63, 3.8) is 0 Å². The molecule has 0 amide bonds. The van der Waals surface area contributed by atoms with E-state index >= 15 is 0 Å². The van der Waals surface area contributed by atoms with Crippen molar-refractivity contribution in [2.75, 3.05) is 0 Å². The number of hydrogen-bond acceptors (Lipinski definition) is 3. The molecule has 0 spiro atoms. The van der Waals surface area contributed by atoms with E-state index < -0.39 is 0 Å². The summed E-state index contributed by atoms with van der Waals surface area (Å²) >= 11 is 0. The topological polar surface area (TPSA) is 46.5 Å². The van der Waals surface area contributed by atoms with Gasteiger partial charge in [-0.1, -0.05) is 0 Å². The zero-order valence-electron chi connectivity index (χ0n) is 18.6. The van der Waals surface area contributed by atoms with Crippen molar-refractivity contribution in [3.05, 3.63) is 47.5 Å². The molecule has 1 N–H and O–H groups in total. The van der Waals surface area contributed by atoms with Gasteiger partial charge in [-0.05, 0) is 0 Å². The summed E-state index contributed by atoms with van der Waals surface area (Å²) in [5.41, 5.74) is 5.77. The molecule has 5 heteroatoms. The number of unbranched alkanes of at least 4 members (excludes halogenated alkanes) is 6. The van der Waals surface area contributed by atoms with Crippen molar-refractivity contribution in [1.29, 1.82) is 0 Å². The number of fused-ring (bicyclic) bond motifs is 3. The molecule has 0 bridgehead atoms. The molecular weight excluding hydrogens is 370 g/mol. The van der Waals surface area contributed by atoms with Crippen LogP contribution in [0, 0.1) is 0 Å². The molecule has 0 unspecified atom stereocenters. The first-order valence-corrected chi connectivity index (χ1v) is 11.7. The Hall–Kier alpha value is -1.87. The van der Waals surface area contributed by atoms with Crippen molar-refractivity contribution in [1.82, 2.24) is 0 Å². The minimum absolute atomic E-state index is 0.0833. The molecule has 158 valence electrons. The second kappa shape index (κ2) is 10.9. The van der Waals surface area contributed by atoms with Crippen LogP contribution in [0.2, 0.25) is 0 Å². The molecule has 2 aromatic carbocycles. The molecular formula is C25H34B2O3. The summed E-state index contributed by atoms with van der Waals surface area (Å²) < 4.78 is 17.0. The predicted molar refractivity (Wildman–Crippen MR) is 126 cm³/mol. The van der Waals surface area contributed by atoms with Gasteiger partial charge in [0.25, 0.3) is 0 Å². The summed E-state index contributed by atoms with van der Waals surface area (Å²) in [6.07, 6.45) is 12.0. The summed E-state index contributed by atoms with van der Waals surface area (Å²) in [6.45, 7) is 4.49. The second-order valence-corrected chi connectivity index (χ2v) is 8.61. The molecule has 0 saturated heterocycles. The molecule has 30 heavy (non-hydrogen) atoms. The maximum atomic E-state index is 11.6. The fraction of sp³-hybridized carbons (Fsp3) is 0.520. The van der Waals surface area contributed by atoms with Crippen LogP contribution in [0.4, 0.5) is 0 Å². The van der Waals surface area contributed by atoms with Crippen molar-refractivity contribution in [2.45, 2.75) is 83.5 Å². The molecule has 0 fully saturated rings. The van der Waals surface area contributed by atoms with Gasteiger partial charge in [-0.15, -0.1) is 0 Å². The number of benzene rings is 2. The van der Waals surface area contributed by atoms with Crippen LogP contribution < -0.4 is 10.1 Å². The Bertz CT molecular complexity index is 838. The SMILES string of the molecule is CCCCCCC1(CCCCCC)c2cc(B=O)ccc2-c2ccc(OBO)cc21. The third-order valence-corrected chi connectivity index (χ3v) is 6.64. The van der Waals surface area contributed by atoms with Gasteiger partial charge >= 0.3 is 183 Å². The first kappa shape index (κ1) is 22.8. The molecule has 3 rings (SSSR count). The van der Waals surface area contributed by atoms with Crippen molar-refractivity contribution < 1.29 is 14.4 Å². The van der Waals surface area contributed by atoms with E-state index in [2.05, 4.69) is 38.1 Å². The van der Waals surface area contributed by atoms with E-state index in [0.29, 0.717) is 5.75 Å². The van der Waals surface area contributed by atoms with Crippen LogP contribution in [0.5, 0.6) is 5.75 Å². The van der Waals surface area contributed by atoms with Gasteiger partial charge in [0.15, 0.2) is 0 Å². The second-order valence-electron chi connectivity index (χ2n) is 8.61. The summed E-state index contributed by atoms with van der Waals surface area (Å²) in [5, 5.41) is 9.28. The van der Waals surface area contributed by atoms with Gasteiger partial charge < -0.3 is 0 Å². The van der Waals surface area contributed by atoms with E-state index in [1.807, 2.05) is 12.1 Å². The third-order valence-electron chi connectivity index (χ3n) is 6.64. The summed E-state index contributed by atoms with van der Waals surface area (Å²) in [4.78, 5) is 0. The predicted octanol–water partition coefficient (Wildman–Crippen LogP) is 5.21. The molecule has 2 aromatic rings. The van der Waals surface area contributed by atoms with Crippen LogP contribution in [-0.4, -0.2) is 19.9 Å². The summed E-state index contributed by atoms with van der Waals surface area (Å²) in [5.74, 6) is 0.714. The minimum atomic E-state index is -0.318. The van der Waals surface area contributed by atoms with E-state index in [1.165, 1.54) is 73.6 Å². The Kier molecular flexibility index (Phi) is 8.32. The van der Waals surface area contributed by atoms with Gasteiger partial charge in [0.1, 0.15) is 0 Å². The van der Waals surface area contributed by atoms with Gasteiger partial charge in [0, 0.05) is 0 Å². The average Bonchev–Trinajstić information content (AvgIpc) is 3.03. The van der Waals surface area contributed by atoms with Crippen LogP contribution in [0.15, 0.2) is 36.4 Å².